The van der Waals surface area contributed by atoms with Crippen molar-refractivity contribution in [1.82, 2.24) is 10.2 Å². The zero-order chi connectivity index (χ0) is 13.0. The van der Waals surface area contributed by atoms with Gasteiger partial charge in [-0.2, -0.15) is 11.8 Å². The molecule has 2 unspecified atom stereocenters. The largest absolute Gasteiger partial charge is 0.325 e. The summed E-state index contributed by atoms with van der Waals surface area (Å²) in [6, 6.07) is 9.80. The summed E-state index contributed by atoms with van der Waals surface area (Å²) >= 11 is 1.78. The van der Waals surface area contributed by atoms with Crippen molar-refractivity contribution in [2.75, 3.05) is 18.6 Å². The molecule has 0 spiro atoms. The average Bonchev–Trinajstić information content (AvgIpc) is 2.74. The van der Waals surface area contributed by atoms with Gasteiger partial charge in [-0.25, -0.2) is 0 Å². The van der Waals surface area contributed by atoms with Crippen LogP contribution in [0.1, 0.15) is 24.9 Å². The first-order chi connectivity index (χ1) is 8.77. The van der Waals surface area contributed by atoms with Gasteiger partial charge in [-0.15, -0.1) is 0 Å². The van der Waals surface area contributed by atoms with Gasteiger partial charge in [0.05, 0.1) is 6.17 Å². The van der Waals surface area contributed by atoms with E-state index in [9.17, 15) is 4.79 Å². The number of thioether (sulfide) groups is 1. The van der Waals surface area contributed by atoms with Crippen LogP contribution in [0.25, 0.3) is 0 Å². The maximum absolute atomic E-state index is 12.4. The summed E-state index contributed by atoms with van der Waals surface area (Å²) in [4.78, 5) is 14.4. The second-order valence-electron chi connectivity index (χ2n) is 4.46. The Balaban J connectivity index is 2.13. The zero-order valence-corrected chi connectivity index (χ0v) is 11.7. The molecular weight excluding hydrogens is 244 g/mol. The number of benzene rings is 1. The summed E-state index contributed by atoms with van der Waals surface area (Å²) in [5.41, 5.74) is 1.06. The topological polar surface area (TPSA) is 32.3 Å². The highest BCUT2D eigenvalue weighted by atomic mass is 32.2. The van der Waals surface area contributed by atoms with Crippen LogP contribution in [0, 0.1) is 0 Å². The predicted molar refractivity (Wildman–Crippen MR) is 76.5 cm³/mol. The summed E-state index contributed by atoms with van der Waals surface area (Å²) in [5, 5.41) is 3.43. The number of rotatable bonds is 5. The molecule has 1 aromatic rings. The van der Waals surface area contributed by atoms with E-state index in [1.54, 1.807) is 11.8 Å². The molecular formula is C14H20N2OS. The van der Waals surface area contributed by atoms with E-state index < -0.39 is 0 Å². The van der Waals surface area contributed by atoms with Crippen molar-refractivity contribution in [1.29, 1.82) is 0 Å². The third-order valence-corrected chi connectivity index (χ3v) is 3.91. The molecule has 0 aromatic heterocycles. The zero-order valence-electron chi connectivity index (χ0n) is 10.9. The van der Waals surface area contributed by atoms with Gasteiger partial charge < -0.3 is 4.90 Å². The lowest BCUT2D eigenvalue weighted by Crippen LogP contribution is -2.38. The third-order valence-electron chi connectivity index (χ3n) is 3.32. The Labute approximate surface area is 113 Å². The van der Waals surface area contributed by atoms with Crippen LogP contribution in [-0.4, -0.2) is 35.5 Å². The quantitative estimate of drug-likeness (QED) is 0.885. The summed E-state index contributed by atoms with van der Waals surface area (Å²) < 4.78 is 0. The second kappa shape index (κ2) is 6.25. The number of hydrogen-bond acceptors (Lipinski definition) is 3. The molecule has 4 heteroatoms. The highest BCUT2D eigenvalue weighted by Gasteiger charge is 2.37. The molecule has 2 atom stereocenters. The molecule has 1 aliphatic heterocycles. The lowest BCUT2D eigenvalue weighted by atomic mass is 10.1. The molecule has 3 nitrogen and oxygen atoms in total. The Hall–Kier alpha value is -1.00. The van der Waals surface area contributed by atoms with E-state index in [2.05, 4.69) is 18.5 Å². The molecule has 1 fully saturated rings. The van der Waals surface area contributed by atoms with Gasteiger partial charge in [0.1, 0.15) is 6.04 Å². The van der Waals surface area contributed by atoms with Crippen molar-refractivity contribution in [2.45, 2.75) is 25.6 Å². The molecule has 98 valence electrons. The van der Waals surface area contributed by atoms with E-state index in [0.717, 1.165) is 24.3 Å². The Morgan fingerprint density at radius 2 is 2.06 bits per heavy atom. The fourth-order valence-electron chi connectivity index (χ4n) is 2.35. The van der Waals surface area contributed by atoms with Crippen molar-refractivity contribution in [2.24, 2.45) is 0 Å². The molecule has 1 N–H and O–H groups in total. The van der Waals surface area contributed by atoms with Gasteiger partial charge in [0.2, 0.25) is 5.91 Å². The SMILES string of the molecule is CCC1NC(c2ccccc2)C(=O)N1CCSC. The van der Waals surface area contributed by atoms with Crippen LogP contribution in [-0.2, 0) is 4.79 Å². The Bertz CT molecular complexity index is 396. The van der Waals surface area contributed by atoms with Crippen molar-refractivity contribution in [3.63, 3.8) is 0 Å². The van der Waals surface area contributed by atoms with E-state index in [-0.39, 0.29) is 18.1 Å². The minimum absolute atomic E-state index is 0.169. The molecule has 1 saturated heterocycles. The molecule has 0 radical (unpaired) electrons. The smallest absolute Gasteiger partial charge is 0.245 e. The maximum atomic E-state index is 12.4. The number of nitrogens with zero attached hydrogens (tertiary/aromatic N) is 1. The number of hydrogen-bond donors (Lipinski definition) is 1. The van der Waals surface area contributed by atoms with E-state index in [0.29, 0.717) is 0 Å². The molecule has 1 heterocycles. The predicted octanol–water partition coefficient (Wildman–Crippen LogP) is 2.26. The van der Waals surface area contributed by atoms with Gasteiger partial charge in [-0.3, -0.25) is 10.1 Å². The van der Waals surface area contributed by atoms with Gasteiger partial charge in [0, 0.05) is 12.3 Å². The van der Waals surface area contributed by atoms with Crippen LogP contribution in [0.2, 0.25) is 0 Å². The normalized spacial score (nSPS) is 23.7. The Morgan fingerprint density at radius 3 is 2.67 bits per heavy atom. The summed E-state index contributed by atoms with van der Waals surface area (Å²) in [5.74, 6) is 1.20. The monoisotopic (exact) mass is 264 g/mol. The lowest BCUT2D eigenvalue weighted by Gasteiger charge is -2.22. The molecule has 18 heavy (non-hydrogen) atoms. The molecule has 1 aromatic carbocycles. The van der Waals surface area contributed by atoms with Crippen LogP contribution in [0.4, 0.5) is 0 Å². The first-order valence-electron chi connectivity index (χ1n) is 6.38. The van der Waals surface area contributed by atoms with E-state index in [1.807, 2.05) is 35.2 Å². The van der Waals surface area contributed by atoms with Crippen LogP contribution in [0.15, 0.2) is 30.3 Å². The van der Waals surface area contributed by atoms with Crippen molar-refractivity contribution in [3.05, 3.63) is 35.9 Å². The highest BCUT2D eigenvalue weighted by Crippen LogP contribution is 2.25. The average molecular weight is 264 g/mol. The standard InChI is InChI=1S/C14H20N2OS/c1-3-12-15-13(11-7-5-4-6-8-11)14(17)16(12)9-10-18-2/h4-8,12-13,15H,3,9-10H2,1-2H3. The van der Waals surface area contributed by atoms with E-state index in [4.69, 9.17) is 0 Å². The maximum Gasteiger partial charge on any atom is 0.245 e. The van der Waals surface area contributed by atoms with Crippen molar-refractivity contribution in [3.8, 4) is 0 Å². The summed E-state index contributed by atoms with van der Waals surface area (Å²) in [7, 11) is 0. The van der Waals surface area contributed by atoms with Gasteiger partial charge >= 0.3 is 0 Å². The Morgan fingerprint density at radius 1 is 1.33 bits per heavy atom. The molecule has 1 amide bonds. The molecule has 0 saturated carbocycles. The van der Waals surface area contributed by atoms with Crippen LogP contribution >= 0.6 is 11.8 Å². The minimum Gasteiger partial charge on any atom is -0.325 e. The number of amides is 1. The lowest BCUT2D eigenvalue weighted by molar-refractivity contribution is -0.129. The Kier molecular flexibility index (Phi) is 4.66. The number of carbonyl (C=O) groups is 1. The molecule has 0 bridgehead atoms. The van der Waals surface area contributed by atoms with Crippen molar-refractivity contribution >= 4 is 17.7 Å². The van der Waals surface area contributed by atoms with Gasteiger partial charge in [-0.05, 0) is 18.2 Å². The van der Waals surface area contributed by atoms with Crippen molar-refractivity contribution < 1.29 is 4.79 Å². The minimum atomic E-state index is -0.169. The van der Waals surface area contributed by atoms with Gasteiger partial charge in [-0.1, -0.05) is 37.3 Å². The third kappa shape index (κ3) is 2.70. The van der Waals surface area contributed by atoms with E-state index in [1.165, 1.54) is 0 Å². The molecule has 0 aliphatic carbocycles. The fourth-order valence-corrected chi connectivity index (χ4v) is 2.73. The first-order valence-corrected chi connectivity index (χ1v) is 7.77. The first kappa shape index (κ1) is 13.4. The highest BCUT2D eigenvalue weighted by molar-refractivity contribution is 7.98. The van der Waals surface area contributed by atoms with Gasteiger partial charge in [0.25, 0.3) is 0 Å². The number of nitrogens with one attached hydrogen (secondary N) is 1. The van der Waals surface area contributed by atoms with Crippen LogP contribution in [0.3, 0.4) is 0 Å². The second-order valence-corrected chi connectivity index (χ2v) is 5.44. The van der Waals surface area contributed by atoms with Crippen LogP contribution < -0.4 is 5.32 Å². The summed E-state index contributed by atoms with van der Waals surface area (Å²) in [6.45, 7) is 2.94. The van der Waals surface area contributed by atoms with E-state index >= 15 is 0 Å². The molecule has 2 rings (SSSR count). The summed E-state index contributed by atoms with van der Waals surface area (Å²) in [6.07, 6.45) is 3.20. The fraction of sp³-hybridized carbons (Fsp3) is 0.500. The van der Waals surface area contributed by atoms with Crippen LogP contribution in [0.5, 0.6) is 0 Å². The van der Waals surface area contributed by atoms with Gasteiger partial charge in [0.15, 0.2) is 0 Å². The molecule has 1 aliphatic rings. The number of carbonyl (C=O) groups excluding carboxylic acids is 1.